The number of aliphatic carboxylic acids is 2. The van der Waals surface area contributed by atoms with Gasteiger partial charge in [-0.05, 0) is 18.1 Å². The Hall–Kier alpha value is -2.43. The topological polar surface area (TPSA) is 158 Å². The second-order valence-electron chi connectivity index (χ2n) is 4.61. The number of aliphatic hydroxyl groups excluding tert-OH is 1. The first-order valence-electron chi connectivity index (χ1n) is 6.96. The lowest BCUT2D eigenvalue weighted by Crippen LogP contribution is -2.31. The molecule has 0 aliphatic carbocycles. The molecule has 10 heteroatoms. The quantitative estimate of drug-likeness (QED) is 0.357. The van der Waals surface area contributed by atoms with Crippen molar-refractivity contribution in [2.45, 2.75) is 18.1 Å². The molecule has 0 amide bonds. The lowest BCUT2D eigenvalue weighted by molar-refractivity contribution is -0.143. The van der Waals surface area contributed by atoms with E-state index in [2.05, 4.69) is 6.58 Å². The Morgan fingerprint density at radius 2 is 1.84 bits per heavy atom. The Bertz CT molecular complexity index is 682. The van der Waals surface area contributed by atoms with Gasteiger partial charge in [-0.3, -0.25) is 14.1 Å². The SMILES string of the molecule is C=CCc1ccccc1OCCO.O=C(O)CC(C(=O)O)S(=O)(=O)O. The predicted octanol–water partition coefficient (Wildman–Crippen LogP) is 0.588. The molecule has 0 heterocycles. The molecule has 0 aliphatic heterocycles. The average molecular weight is 376 g/mol. The molecule has 0 bridgehead atoms. The van der Waals surface area contributed by atoms with Gasteiger partial charge in [0.2, 0.25) is 0 Å². The molecule has 1 rings (SSSR count). The van der Waals surface area contributed by atoms with Gasteiger partial charge in [0.15, 0.2) is 5.25 Å². The van der Waals surface area contributed by atoms with Gasteiger partial charge in [0.05, 0.1) is 13.0 Å². The molecule has 25 heavy (non-hydrogen) atoms. The van der Waals surface area contributed by atoms with Crippen LogP contribution in [-0.4, -0.2) is 58.7 Å². The first-order chi connectivity index (χ1) is 11.6. The molecule has 1 unspecified atom stereocenters. The van der Waals surface area contributed by atoms with Gasteiger partial charge in [-0.1, -0.05) is 24.3 Å². The average Bonchev–Trinajstić information content (AvgIpc) is 2.51. The predicted molar refractivity (Wildman–Crippen MR) is 88.1 cm³/mol. The molecule has 0 radical (unpaired) electrons. The van der Waals surface area contributed by atoms with E-state index in [1.54, 1.807) is 0 Å². The van der Waals surface area contributed by atoms with E-state index < -0.39 is 33.7 Å². The van der Waals surface area contributed by atoms with Gasteiger partial charge in [0, 0.05) is 0 Å². The van der Waals surface area contributed by atoms with Crippen molar-refractivity contribution < 1.29 is 42.6 Å². The molecule has 9 nitrogen and oxygen atoms in total. The Morgan fingerprint density at radius 1 is 1.24 bits per heavy atom. The van der Waals surface area contributed by atoms with Crippen molar-refractivity contribution in [3.63, 3.8) is 0 Å². The molecule has 0 aliphatic rings. The maximum Gasteiger partial charge on any atom is 0.325 e. The summed E-state index contributed by atoms with van der Waals surface area (Å²) in [7, 11) is -4.84. The number of ether oxygens (including phenoxy) is 1. The number of carboxylic acid groups (broad SMARTS) is 2. The van der Waals surface area contributed by atoms with E-state index in [1.165, 1.54) is 0 Å². The minimum Gasteiger partial charge on any atom is -0.491 e. The Morgan fingerprint density at radius 3 is 2.24 bits per heavy atom. The summed E-state index contributed by atoms with van der Waals surface area (Å²) in [5.74, 6) is -2.67. The van der Waals surface area contributed by atoms with Gasteiger partial charge in [-0.25, -0.2) is 0 Å². The van der Waals surface area contributed by atoms with Crippen LogP contribution in [0.2, 0.25) is 0 Å². The zero-order valence-corrected chi connectivity index (χ0v) is 14.1. The molecule has 0 saturated heterocycles. The largest absolute Gasteiger partial charge is 0.491 e. The van der Waals surface area contributed by atoms with Gasteiger partial charge >= 0.3 is 11.9 Å². The number of benzene rings is 1. The number of allylic oxidation sites excluding steroid dienone is 1. The van der Waals surface area contributed by atoms with Crippen molar-refractivity contribution in [3.8, 4) is 5.75 Å². The summed E-state index contributed by atoms with van der Waals surface area (Å²) in [6, 6.07) is 7.77. The number of carbonyl (C=O) groups is 2. The first-order valence-corrected chi connectivity index (χ1v) is 8.47. The van der Waals surface area contributed by atoms with Crippen molar-refractivity contribution in [2.24, 2.45) is 0 Å². The molecular weight excluding hydrogens is 356 g/mol. The van der Waals surface area contributed by atoms with Crippen LogP contribution >= 0.6 is 0 Å². The molecule has 0 saturated carbocycles. The number of para-hydroxylation sites is 1. The second-order valence-corrected chi connectivity index (χ2v) is 6.21. The fraction of sp³-hybridized carbons (Fsp3) is 0.333. The molecule has 140 valence electrons. The van der Waals surface area contributed by atoms with Crippen LogP contribution in [0, 0.1) is 0 Å². The zero-order chi connectivity index (χ0) is 19.5. The normalized spacial score (nSPS) is 11.6. The summed E-state index contributed by atoms with van der Waals surface area (Å²) >= 11 is 0. The van der Waals surface area contributed by atoms with Gasteiger partial charge in [0.25, 0.3) is 10.1 Å². The summed E-state index contributed by atoms with van der Waals surface area (Å²) in [6.07, 6.45) is 1.47. The fourth-order valence-electron chi connectivity index (χ4n) is 1.60. The van der Waals surface area contributed by atoms with E-state index in [4.69, 9.17) is 24.6 Å². The van der Waals surface area contributed by atoms with Gasteiger partial charge in [0.1, 0.15) is 12.4 Å². The smallest absolute Gasteiger partial charge is 0.325 e. The Balaban J connectivity index is 0.000000463. The van der Waals surface area contributed by atoms with E-state index in [0.717, 1.165) is 17.7 Å². The number of hydrogen-bond donors (Lipinski definition) is 4. The van der Waals surface area contributed by atoms with Crippen molar-refractivity contribution in [1.82, 2.24) is 0 Å². The van der Waals surface area contributed by atoms with Crippen molar-refractivity contribution in [2.75, 3.05) is 13.2 Å². The van der Waals surface area contributed by atoms with Crippen LogP contribution in [0.4, 0.5) is 0 Å². The Labute approximate surface area is 144 Å². The van der Waals surface area contributed by atoms with Gasteiger partial charge in [-0.15, -0.1) is 6.58 Å². The standard InChI is InChI=1S/C11H14O2.C4H6O7S/c1-2-5-10-6-3-4-7-11(10)13-9-8-12;5-3(6)1-2(4(7)8)12(9,10)11/h2-4,6-7,12H,1,5,8-9H2;2H,1H2,(H,5,6)(H,7,8)(H,9,10,11). The summed E-state index contributed by atoms with van der Waals surface area (Å²) < 4.78 is 34.0. The minimum absolute atomic E-state index is 0.0441. The molecule has 0 fully saturated rings. The number of hydrogen-bond acceptors (Lipinski definition) is 6. The third-order valence-electron chi connectivity index (χ3n) is 2.68. The maximum absolute atomic E-state index is 10.2. The second kappa shape index (κ2) is 11.2. The molecule has 1 aromatic rings. The number of aliphatic hydroxyl groups is 1. The van der Waals surface area contributed by atoms with Crippen LogP contribution < -0.4 is 4.74 Å². The molecule has 1 aromatic carbocycles. The van der Waals surface area contributed by atoms with Crippen LogP contribution in [0.1, 0.15) is 12.0 Å². The highest BCUT2D eigenvalue weighted by atomic mass is 32.2. The van der Waals surface area contributed by atoms with Crippen LogP contribution in [0.5, 0.6) is 5.75 Å². The van der Waals surface area contributed by atoms with Gasteiger partial charge in [-0.2, -0.15) is 8.42 Å². The van der Waals surface area contributed by atoms with Gasteiger partial charge < -0.3 is 20.1 Å². The number of rotatable bonds is 9. The highest BCUT2D eigenvalue weighted by molar-refractivity contribution is 7.87. The third kappa shape index (κ3) is 9.45. The van der Waals surface area contributed by atoms with E-state index >= 15 is 0 Å². The van der Waals surface area contributed by atoms with Crippen molar-refractivity contribution >= 4 is 22.1 Å². The molecule has 4 N–H and O–H groups in total. The minimum atomic E-state index is -4.84. The van der Waals surface area contributed by atoms with E-state index in [0.29, 0.717) is 6.61 Å². The van der Waals surface area contributed by atoms with E-state index in [-0.39, 0.29) is 6.61 Å². The van der Waals surface area contributed by atoms with Crippen LogP contribution in [0.3, 0.4) is 0 Å². The highest BCUT2D eigenvalue weighted by Crippen LogP contribution is 2.18. The summed E-state index contributed by atoms with van der Waals surface area (Å²) in [5.41, 5.74) is 1.10. The van der Waals surface area contributed by atoms with Crippen molar-refractivity contribution in [1.29, 1.82) is 0 Å². The molecule has 0 aromatic heterocycles. The monoisotopic (exact) mass is 376 g/mol. The fourth-order valence-corrected chi connectivity index (χ4v) is 2.21. The lowest BCUT2D eigenvalue weighted by atomic mass is 10.1. The molecule has 0 spiro atoms. The molecular formula is C15H20O9S. The lowest BCUT2D eigenvalue weighted by Gasteiger charge is -2.08. The van der Waals surface area contributed by atoms with E-state index in [9.17, 15) is 18.0 Å². The summed E-state index contributed by atoms with van der Waals surface area (Å²) in [5, 5.41) is 22.5. The summed E-state index contributed by atoms with van der Waals surface area (Å²) in [4.78, 5) is 20.0. The first kappa shape index (κ1) is 22.6. The number of carboxylic acids is 2. The maximum atomic E-state index is 10.2. The molecule has 1 atom stereocenters. The third-order valence-corrected chi connectivity index (χ3v) is 3.77. The van der Waals surface area contributed by atoms with Crippen LogP contribution in [0.25, 0.3) is 0 Å². The van der Waals surface area contributed by atoms with Crippen molar-refractivity contribution in [3.05, 3.63) is 42.5 Å². The highest BCUT2D eigenvalue weighted by Gasteiger charge is 2.33. The summed E-state index contributed by atoms with van der Waals surface area (Å²) in [6.45, 7) is 4.06. The van der Waals surface area contributed by atoms with Crippen LogP contribution in [0.15, 0.2) is 36.9 Å². The zero-order valence-electron chi connectivity index (χ0n) is 13.2. The van der Waals surface area contributed by atoms with E-state index in [1.807, 2.05) is 30.3 Å². The Kier molecular flexibility index (Phi) is 10.1. The van der Waals surface area contributed by atoms with Crippen LogP contribution in [-0.2, 0) is 26.1 Å².